The molecule has 0 aromatic rings. The zero-order valence-electron chi connectivity index (χ0n) is 11.0. The molecular formula is C12H27NOS. The summed E-state index contributed by atoms with van der Waals surface area (Å²) in [4.78, 5) is 0. The van der Waals surface area contributed by atoms with Crippen LogP contribution in [0.15, 0.2) is 0 Å². The molecule has 0 saturated carbocycles. The van der Waals surface area contributed by atoms with Crippen LogP contribution in [-0.4, -0.2) is 27.3 Å². The molecule has 4 atom stereocenters. The Morgan fingerprint density at radius 1 is 1.13 bits per heavy atom. The molecule has 0 aliphatic rings. The molecule has 0 aromatic carbocycles. The van der Waals surface area contributed by atoms with Gasteiger partial charge >= 0.3 is 0 Å². The van der Waals surface area contributed by atoms with Gasteiger partial charge in [-0.05, 0) is 25.8 Å². The largest absolute Gasteiger partial charge is 0.314 e. The molecule has 0 bridgehead atoms. The van der Waals surface area contributed by atoms with Crippen molar-refractivity contribution in [3.05, 3.63) is 0 Å². The van der Waals surface area contributed by atoms with Crippen molar-refractivity contribution in [3.63, 3.8) is 0 Å². The van der Waals surface area contributed by atoms with Crippen LogP contribution in [0.25, 0.3) is 0 Å². The van der Waals surface area contributed by atoms with E-state index in [2.05, 4.69) is 46.9 Å². The van der Waals surface area contributed by atoms with Gasteiger partial charge in [0.05, 0.1) is 0 Å². The van der Waals surface area contributed by atoms with Gasteiger partial charge in [-0.25, -0.2) is 0 Å². The van der Waals surface area contributed by atoms with Crippen molar-refractivity contribution < 1.29 is 4.21 Å². The average Bonchev–Trinajstić information content (AvgIpc) is 2.15. The summed E-state index contributed by atoms with van der Waals surface area (Å²) in [6, 6.07) is 0.466. The zero-order valence-corrected chi connectivity index (χ0v) is 11.9. The first-order valence-electron chi connectivity index (χ1n) is 6.02. The third kappa shape index (κ3) is 5.67. The van der Waals surface area contributed by atoms with E-state index in [1.165, 1.54) is 0 Å². The van der Waals surface area contributed by atoms with Crippen molar-refractivity contribution in [1.82, 2.24) is 5.32 Å². The second kappa shape index (κ2) is 7.39. The first-order valence-corrected chi connectivity index (χ1v) is 7.30. The molecule has 3 heteroatoms. The van der Waals surface area contributed by atoms with Crippen molar-refractivity contribution in [2.45, 2.75) is 64.5 Å². The lowest BCUT2D eigenvalue weighted by atomic mass is 10.1. The lowest BCUT2D eigenvalue weighted by Crippen LogP contribution is -2.33. The smallest absolute Gasteiger partial charge is 0.0345 e. The Hall–Kier alpha value is 0.110. The third-order valence-electron chi connectivity index (χ3n) is 2.94. The topological polar surface area (TPSA) is 29.1 Å². The van der Waals surface area contributed by atoms with E-state index in [9.17, 15) is 4.21 Å². The molecule has 2 nitrogen and oxygen atoms in total. The Kier molecular flexibility index (Phi) is 7.45. The van der Waals surface area contributed by atoms with Crippen molar-refractivity contribution in [1.29, 1.82) is 0 Å². The summed E-state index contributed by atoms with van der Waals surface area (Å²) in [5.74, 6) is 0.503. The SMILES string of the molecule is CCNC(C)CC(C)S(=O)C(C)C(C)C. The van der Waals surface area contributed by atoms with Crippen LogP contribution in [0.2, 0.25) is 0 Å². The fraction of sp³-hybridized carbons (Fsp3) is 1.00. The van der Waals surface area contributed by atoms with Gasteiger partial charge in [-0.2, -0.15) is 0 Å². The Bertz CT molecular complexity index is 194. The minimum atomic E-state index is -0.704. The lowest BCUT2D eigenvalue weighted by Gasteiger charge is -2.23. The standard InChI is InChI=1S/C12H27NOS/c1-7-13-10(4)8-11(5)15(14)12(6)9(2)3/h9-13H,7-8H2,1-6H3. The fourth-order valence-corrected chi connectivity index (χ4v) is 3.41. The minimum Gasteiger partial charge on any atom is -0.314 e. The monoisotopic (exact) mass is 233 g/mol. The van der Waals surface area contributed by atoms with E-state index < -0.39 is 10.8 Å². The summed E-state index contributed by atoms with van der Waals surface area (Å²) in [6.45, 7) is 13.7. The van der Waals surface area contributed by atoms with Crippen LogP contribution < -0.4 is 5.32 Å². The van der Waals surface area contributed by atoms with Gasteiger partial charge < -0.3 is 5.32 Å². The third-order valence-corrected chi connectivity index (χ3v) is 5.20. The molecule has 15 heavy (non-hydrogen) atoms. The quantitative estimate of drug-likeness (QED) is 0.732. The van der Waals surface area contributed by atoms with Gasteiger partial charge in [0.25, 0.3) is 0 Å². The van der Waals surface area contributed by atoms with Crippen molar-refractivity contribution in [3.8, 4) is 0 Å². The van der Waals surface area contributed by atoms with E-state index in [-0.39, 0.29) is 5.25 Å². The molecule has 0 aromatic heterocycles. The lowest BCUT2D eigenvalue weighted by molar-refractivity contribution is 0.518. The highest BCUT2D eigenvalue weighted by Gasteiger charge is 2.21. The predicted molar refractivity (Wildman–Crippen MR) is 69.7 cm³/mol. The first kappa shape index (κ1) is 15.1. The summed E-state index contributed by atoms with van der Waals surface area (Å²) in [6.07, 6.45) is 0.998. The van der Waals surface area contributed by atoms with Crippen LogP contribution in [0.4, 0.5) is 0 Å². The summed E-state index contributed by atoms with van der Waals surface area (Å²) in [7, 11) is -0.704. The summed E-state index contributed by atoms with van der Waals surface area (Å²) in [5, 5.41) is 3.95. The summed E-state index contributed by atoms with van der Waals surface area (Å²) in [5.41, 5.74) is 0. The van der Waals surface area contributed by atoms with Crippen LogP contribution >= 0.6 is 0 Å². The van der Waals surface area contributed by atoms with Crippen LogP contribution in [0, 0.1) is 5.92 Å². The van der Waals surface area contributed by atoms with E-state index in [1.807, 2.05) is 0 Å². The molecule has 0 saturated heterocycles. The van der Waals surface area contributed by atoms with Gasteiger partial charge in [0, 0.05) is 27.3 Å². The number of nitrogens with one attached hydrogen (secondary N) is 1. The van der Waals surface area contributed by atoms with Gasteiger partial charge in [0.2, 0.25) is 0 Å². The maximum absolute atomic E-state index is 12.1. The molecule has 0 aliphatic heterocycles. The van der Waals surface area contributed by atoms with Crippen molar-refractivity contribution in [2.24, 2.45) is 5.92 Å². The van der Waals surface area contributed by atoms with E-state index >= 15 is 0 Å². The molecule has 0 heterocycles. The van der Waals surface area contributed by atoms with Crippen molar-refractivity contribution >= 4 is 10.8 Å². The Balaban J connectivity index is 4.09. The van der Waals surface area contributed by atoms with Gasteiger partial charge in [-0.1, -0.05) is 34.6 Å². The predicted octanol–water partition coefficient (Wildman–Crippen LogP) is 2.56. The highest BCUT2D eigenvalue weighted by Crippen LogP contribution is 2.15. The molecule has 0 rings (SSSR count). The maximum Gasteiger partial charge on any atom is 0.0345 e. The van der Waals surface area contributed by atoms with Crippen LogP contribution in [0.3, 0.4) is 0 Å². The normalized spacial score (nSPS) is 19.9. The molecule has 1 N–H and O–H groups in total. The molecule has 4 unspecified atom stereocenters. The summed E-state index contributed by atoms with van der Waals surface area (Å²) >= 11 is 0. The van der Waals surface area contributed by atoms with Crippen LogP contribution in [-0.2, 0) is 10.8 Å². The minimum absolute atomic E-state index is 0.288. The van der Waals surface area contributed by atoms with Crippen LogP contribution in [0.1, 0.15) is 48.0 Å². The van der Waals surface area contributed by atoms with Crippen LogP contribution in [0.5, 0.6) is 0 Å². The highest BCUT2D eigenvalue weighted by molar-refractivity contribution is 7.86. The molecule has 0 radical (unpaired) electrons. The van der Waals surface area contributed by atoms with E-state index in [0.29, 0.717) is 17.2 Å². The van der Waals surface area contributed by atoms with Gasteiger partial charge in [0.1, 0.15) is 0 Å². The Morgan fingerprint density at radius 3 is 2.07 bits per heavy atom. The van der Waals surface area contributed by atoms with Gasteiger partial charge in [-0.15, -0.1) is 0 Å². The fourth-order valence-electron chi connectivity index (χ4n) is 1.66. The first-order chi connectivity index (χ1) is 6.90. The molecular weight excluding hydrogens is 206 g/mol. The number of rotatable bonds is 7. The van der Waals surface area contributed by atoms with E-state index in [0.717, 1.165) is 13.0 Å². The maximum atomic E-state index is 12.1. The van der Waals surface area contributed by atoms with Crippen molar-refractivity contribution in [2.75, 3.05) is 6.54 Å². The second-order valence-corrected chi connectivity index (χ2v) is 6.99. The Labute approximate surface area is 97.7 Å². The van der Waals surface area contributed by atoms with E-state index in [1.54, 1.807) is 0 Å². The molecule has 0 aliphatic carbocycles. The zero-order chi connectivity index (χ0) is 12.0. The summed E-state index contributed by atoms with van der Waals surface area (Å²) < 4.78 is 12.1. The number of hydrogen-bond donors (Lipinski definition) is 1. The molecule has 92 valence electrons. The Morgan fingerprint density at radius 2 is 1.67 bits per heavy atom. The molecule has 0 spiro atoms. The number of hydrogen-bond acceptors (Lipinski definition) is 2. The van der Waals surface area contributed by atoms with E-state index in [4.69, 9.17) is 0 Å². The molecule has 0 fully saturated rings. The van der Waals surface area contributed by atoms with Gasteiger partial charge in [-0.3, -0.25) is 4.21 Å². The second-order valence-electron chi connectivity index (χ2n) is 4.78. The molecule has 0 amide bonds. The highest BCUT2D eigenvalue weighted by atomic mass is 32.2. The van der Waals surface area contributed by atoms with Gasteiger partial charge in [0.15, 0.2) is 0 Å². The average molecular weight is 233 g/mol.